The average molecular weight is 708 g/mol. The number of hydrogen-bond donors (Lipinski definition) is 3. The Hall–Kier alpha value is -2.14. The standard InChI is InChI=1S/C42H61NO8/c1-24-8-9-34(44)37-40(22-27(4)28(5)23-43-37)14-12-32(36-20-26(3)38(46)48-36)29(6)33(40)19-25(2)35(45)21-31-11-15-41(49-31)16-17-42(51-41)39(7,47)13-10-30(18-24)50-42/h19-20,27-28,30-31,33-36,44-45,47H,1,8-18,21-23H2,2-7H3. The van der Waals surface area contributed by atoms with Gasteiger partial charge in [0.1, 0.15) is 11.7 Å². The molecule has 0 radical (unpaired) electrons. The lowest BCUT2D eigenvalue weighted by Gasteiger charge is -2.49. The molecule has 6 aliphatic heterocycles. The van der Waals surface area contributed by atoms with Crippen molar-refractivity contribution in [1.82, 2.24) is 0 Å². The SMILES string of the molecule is C=C1CCC(O)C2=NCC(C)C(C)CC23CCC(C2C=C(C)C(=O)O2)=C(C)C3C=C(C)C(O)CC2CCC3(CCC4(OC(CCC4(C)O)C1)O3)O2. The molecule has 3 fully saturated rings. The minimum absolute atomic E-state index is 0.154. The Bertz CT molecular complexity index is 1540. The van der Waals surface area contributed by atoms with Gasteiger partial charge in [0.15, 0.2) is 5.79 Å². The Balaban J connectivity index is 1.29. The van der Waals surface area contributed by atoms with Crippen LogP contribution in [0.4, 0.5) is 0 Å². The molecule has 12 unspecified atom stereocenters. The van der Waals surface area contributed by atoms with E-state index in [-0.39, 0.29) is 24.1 Å². The number of rotatable bonds is 1. The van der Waals surface area contributed by atoms with Crippen LogP contribution in [0.25, 0.3) is 0 Å². The Kier molecular flexibility index (Phi) is 9.93. The van der Waals surface area contributed by atoms with Crippen molar-refractivity contribution >= 4 is 11.7 Å². The van der Waals surface area contributed by atoms with Gasteiger partial charge in [-0.3, -0.25) is 4.99 Å². The molecule has 51 heavy (non-hydrogen) atoms. The second-order valence-electron chi connectivity index (χ2n) is 17.7. The molecular formula is C42H61NO8. The number of esters is 1. The molecule has 3 spiro atoms. The smallest absolute Gasteiger partial charge is 0.334 e. The predicted molar refractivity (Wildman–Crippen MR) is 195 cm³/mol. The van der Waals surface area contributed by atoms with Crippen LogP contribution in [0.15, 0.2) is 51.6 Å². The van der Waals surface area contributed by atoms with Crippen molar-refractivity contribution in [2.75, 3.05) is 6.54 Å². The molecule has 7 rings (SSSR count). The van der Waals surface area contributed by atoms with Crippen LogP contribution in [-0.4, -0.2) is 81.2 Å². The number of carbonyl (C=O) groups is 1. The third kappa shape index (κ3) is 6.67. The van der Waals surface area contributed by atoms with Crippen molar-refractivity contribution in [3.8, 4) is 0 Å². The van der Waals surface area contributed by atoms with E-state index in [1.54, 1.807) is 6.92 Å². The highest BCUT2D eigenvalue weighted by molar-refractivity contribution is 5.95. The van der Waals surface area contributed by atoms with Gasteiger partial charge in [0.2, 0.25) is 5.79 Å². The number of cyclic esters (lactones) is 1. The molecule has 7 aliphatic rings. The van der Waals surface area contributed by atoms with Crippen LogP contribution >= 0.6 is 0 Å². The molecule has 3 saturated heterocycles. The Morgan fingerprint density at radius 3 is 2.41 bits per heavy atom. The third-order valence-electron chi connectivity index (χ3n) is 14.0. The fourth-order valence-electron chi connectivity index (χ4n) is 10.5. The molecule has 12 atom stereocenters. The number of ether oxygens (including phenoxy) is 4. The average Bonchev–Trinajstić information content (AvgIpc) is 3.72. The highest BCUT2D eigenvalue weighted by Gasteiger charge is 2.64. The molecule has 9 heteroatoms. The van der Waals surface area contributed by atoms with Crippen LogP contribution in [0.5, 0.6) is 0 Å². The molecular weight excluding hydrogens is 646 g/mol. The summed E-state index contributed by atoms with van der Waals surface area (Å²) < 4.78 is 26.0. The summed E-state index contributed by atoms with van der Waals surface area (Å²) in [5, 5.41) is 35.6. The fourth-order valence-corrected chi connectivity index (χ4v) is 10.5. The van der Waals surface area contributed by atoms with Crippen molar-refractivity contribution < 1.29 is 39.1 Å². The lowest BCUT2D eigenvalue weighted by molar-refractivity contribution is -0.387. The maximum Gasteiger partial charge on any atom is 0.334 e. The van der Waals surface area contributed by atoms with E-state index < -0.39 is 40.9 Å². The van der Waals surface area contributed by atoms with Crippen molar-refractivity contribution in [2.45, 2.75) is 173 Å². The van der Waals surface area contributed by atoms with Gasteiger partial charge < -0.3 is 34.3 Å². The van der Waals surface area contributed by atoms with Gasteiger partial charge in [-0.15, -0.1) is 0 Å². The maximum atomic E-state index is 12.5. The second-order valence-corrected chi connectivity index (χ2v) is 17.7. The summed E-state index contributed by atoms with van der Waals surface area (Å²) in [5.41, 5.74) is 3.96. The van der Waals surface area contributed by atoms with E-state index in [1.165, 1.54) is 0 Å². The summed E-state index contributed by atoms with van der Waals surface area (Å²) in [6, 6.07) is 0. The lowest BCUT2D eigenvalue weighted by Crippen LogP contribution is -2.60. The molecule has 9 nitrogen and oxygen atoms in total. The normalized spacial score (nSPS) is 46.8. The maximum absolute atomic E-state index is 12.5. The van der Waals surface area contributed by atoms with Gasteiger partial charge in [-0.05, 0) is 115 Å². The summed E-state index contributed by atoms with van der Waals surface area (Å²) >= 11 is 0. The number of fused-ring (bicyclic) bond motifs is 2. The van der Waals surface area contributed by atoms with E-state index in [0.29, 0.717) is 81.7 Å². The molecule has 0 aromatic heterocycles. The lowest BCUT2D eigenvalue weighted by atomic mass is 9.56. The molecule has 6 heterocycles. The Morgan fingerprint density at radius 2 is 1.67 bits per heavy atom. The van der Waals surface area contributed by atoms with E-state index in [1.807, 2.05) is 19.9 Å². The van der Waals surface area contributed by atoms with Crippen LogP contribution in [-0.2, 0) is 23.7 Å². The van der Waals surface area contributed by atoms with E-state index in [2.05, 4.69) is 33.4 Å². The molecule has 282 valence electrons. The highest BCUT2D eigenvalue weighted by atomic mass is 16.8. The van der Waals surface area contributed by atoms with Crippen molar-refractivity contribution in [1.29, 1.82) is 0 Å². The predicted octanol–water partition coefficient (Wildman–Crippen LogP) is 6.80. The van der Waals surface area contributed by atoms with E-state index in [4.69, 9.17) is 23.9 Å². The van der Waals surface area contributed by atoms with Crippen molar-refractivity contribution in [3.05, 3.63) is 46.6 Å². The van der Waals surface area contributed by atoms with Crippen LogP contribution in [0.3, 0.4) is 0 Å². The number of nitrogens with zero attached hydrogens (tertiary/aromatic N) is 1. The van der Waals surface area contributed by atoms with Gasteiger partial charge in [0.25, 0.3) is 0 Å². The number of allylic oxidation sites excluding steroid dienone is 2. The van der Waals surface area contributed by atoms with Crippen LogP contribution < -0.4 is 0 Å². The molecule has 4 bridgehead atoms. The van der Waals surface area contributed by atoms with Gasteiger partial charge in [-0.25, -0.2) is 4.79 Å². The van der Waals surface area contributed by atoms with Crippen LogP contribution in [0, 0.1) is 23.2 Å². The van der Waals surface area contributed by atoms with Gasteiger partial charge in [0, 0.05) is 54.8 Å². The van der Waals surface area contributed by atoms with Crippen LogP contribution in [0.2, 0.25) is 0 Å². The highest BCUT2D eigenvalue weighted by Crippen LogP contribution is 2.56. The minimum atomic E-state index is -1.16. The van der Waals surface area contributed by atoms with Gasteiger partial charge in [-0.1, -0.05) is 37.6 Å². The zero-order valence-corrected chi connectivity index (χ0v) is 31.7. The van der Waals surface area contributed by atoms with Gasteiger partial charge in [0.05, 0.1) is 24.4 Å². The Labute approximate surface area is 304 Å². The molecule has 0 aromatic rings. The second kappa shape index (κ2) is 13.6. The topological polar surface area (TPSA) is 127 Å². The molecule has 0 saturated carbocycles. The first-order chi connectivity index (χ1) is 24.1. The van der Waals surface area contributed by atoms with Crippen molar-refractivity contribution in [2.24, 2.45) is 28.2 Å². The number of hydrogen-bond acceptors (Lipinski definition) is 9. The van der Waals surface area contributed by atoms with E-state index in [0.717, 1.165) is 53.7 Å². The minimum Gasteiger partial charge on any atom is -0.450 e. The molecule has 3 N–H and O–H groups in total. The Morgan fingerprint density at radius 1 is 0.902 bits per heavy atom. The summed E-state index contributed by atoms with van der Waals surface area (Å²) in [4.78, 5) is 17.8. The third-order valence-corrected chi connectivity index (χ3v) is 14.0. The van der Waals surface area contributed by atoms with Crippen molar-refractivity contribution in [3.63, 3.8) is 0 Å². The zero-order chi connectivity index (χ0) is 36.5. The van der Waals surface area contributed by atoms with E-state index in [9.17, 15) is 20.1 Å². The first-order valence-corrected chi connectivity index (χ1v) is 19.7. The summed E-state index contributed by atoms with van der Waals surface area (Å²) in [5.74, 6) is -1.71. The fraction of sp³-hybridized carbons (Fsp3) is 0.762. The first-order valence-electron chi connectivity index (χ1n) is 19.7. The number of aliphatic hydroxyl groups is 3. The van der Waals surface area contributed by atoms with Crippen LogP contribution in [0.1, 0.15) is 125 Å². The summed E-state index contributed by atoms with van der Waals surface area (Å²) in [6.07, 6.45) is 10.3. The number of aliphatic imine (C=N–C) groups is 1. The molecule has 0 amide bonds. The van der Waals surface area contributed by atoms with Gasteiger partial charge in [-0.2, -0.15) is 0 Å². The molecule has 0 aromatic carbocycles. The zero-order valence-electron chi connectivity index (χ0n) is 31.7. The van der Waals surface area contributed by atoms with Gasteiger partial charge >= 0.3 is 5.97 Å². The summed E-state index contributed by atoms with van der Waals surface area (Å²) in [6.45, 7) is 17.4. The first kappa shape index (κ1) is 37.2. The monoisotopic (exact) mass is 707 g/mol. The molecule has 1 aliphatic carbocycles. The van der Waals surface area contributed by atoms with E-state index >= 15 is 0 Å². The number of carbonyl (C=O) groups excluding carboxylic acids is 1. The summed E-state index contributed by atoms with van der Waals surface area (Å²) in [7, 11) is 0. The largest absolute Gasteiger partial charge is 0.450 e. The quantitative estimate of drug-likeness (QED) is 0.201. The number of aliphatic hydroxyl groups excluding tert-OH is 2.